The third-order valence-corrected chi connectivity index (χ3v) is 6.16. The molecule has 26 heavy (non-hydrogen) atoms. The van der Waals surface area contributed by atoms with Crippen molar-refractivity contribution in [2.24, 2.45) is 0 Å². The molecule has 1 saturated heterocycles. The van der Waals surface area contributed by atoms with Crippen LogP contribution in [0.1, 0.15) is 61.6 Å². The molecule has 0 aliphatic carbocycles. The zero-order valence-electron chi connectivity index (χ0n) is 16.5. The first-order chi connectivity index (χ1) is 12.6. The van der Waals surface area contributed by atoms with Crippen LogP contribution in [0.4, 0.5) is 0 Å². The van der Waals surface area contributed by atoms with Crippen LogP contribution < -0.4 is 9.47 Å². The summed E-state index contributed by atoms with van der Waals surface area (Å²) in [6.07, 6.45) is 5.34. The molecule has 0 N–H and O–H groups in total. The molecule has 3 nitrogen and oxygen atoms in total. The number of ether oxygens (including phenoxy) is 2. The van der Waals surface area contributed by atoms with Gasteiger partial charge in [0.15, 0.2) is 11.5 Å². The predicted octanol–water partition coefficient (Wildman–Crippen LogP) is 5.97. The molecule has 0 unspecified atom stereocenters. The second-order valence-corrected chi connectivity index (χ2v) is 8.40. The molecule has 1 atom stereocenters. The molecule has 2 heterocycles. The zero-order valence-corrected chi connectivity index (χ0v) is 17.3. The number of nitrogens with zero attached hydrogens (tertiary/aromatic N) is 1. The van der Waals surface area contributed by atoms with Gasteiger partial charge in [0, 0.05) is 17.5 Å². The van der Waals surface area contributed by atoms with Gasteiger partial charge in [0.25, 0.3) is 0 Å². The van der Waals surface area contributed by atoms with Gasteiger partial charge >= 0.3 is 0 Å². The summed E-state index contributed by atoms with van der Waals surface area (Å²) in [7, 11) is 1.72. The lowest BCUT2D eigenvalue weighted by atomic mass is 10.0. The SMILES string of the molecule is COc1cc(CN2CCCCC[C@H]2c2sccc2C)ccc1OC(C)C. The highest BCUT2D eigenvalue weighted by Gasteiger charge is 2.25. The van der Waals surface area contributed by atoms with Gasteiger partial charge in [-0.15, -0.1) is 11.3 Å². The van der Waals surface area contributed by atoms with Crippen LogP contribution in [-0.4, -0.2) is 24.7 Å². The number of likely N-dealkylation sites (tertiary alicyclic amines) is 1. The Labute approximate surface area is 161 Å². The van der Waals surface area contributed by atoms with Gasteiger partial charge < -0.3 is 9.47 Å². The highest BCUT2D eigenvalue weighted by atomic mass is 32.1. The minimum atomic E-state index is 0.145. The van der Waals surface area contributed by atoms with Gasteiger partial charge in [-0.3, -0.25) is 4.90 Å². The van der Waals surface area contributed by atoms with Gasteiger partial charge in [0.1, 0.15) is 0 Å². The van der Waals surface area contributed by atoms with E-state index in [1.54, 1.807) is 12.0 Å². The summed E-state index contributed by atoms with van der Waals surface area (Å²) in [5.74, 6) is 1.66. The van der Waals surface area contributed by atoms with Gasteiger partial charge in [0.05, 0.1) is 13.2 Å². The van der Waals surface area contributed by atoms with Gasteiger partial charge in [-0.25, -0.2) is 0 Å². The summed E-state index contributed by atoms with van der Waals surface area (Å²) in [6, 6.07) is 9.17. The summed E-state index contributed by atoms with van der Waals surface area (Å²) in [4.78, 5) is 4.20. The fraction of sp³-hybridized carbons (Fsp3) is 0.545. The van der Waals surface area contributed by atoms with Crippen LogP contribution in [0.3, 0.4) is 0 Å². The number of thiophene rings is 1. The van der Waals surface area contributed by atoms with Crippen molar-refractivity contribution in [1.82, 2.24) is 4.90 Å². The van der Waals surface area contributed by atoms with E-state index in [0.29, 0.717) is 6.04 Å². The molecule has 1 aromatic heterocycles. The lowest BCUT2D eigenvalue weighted by Gasteiger charge is -2.30. The van der Waals surface area contributed by atoms with Gasteiger partial charge in [0.2, 0.25) is 0 Å². The lowest BCUT2D eigenvalue weighted by Crippen LogP contribution is -2.28. The van der Waals surface area contributed by atoms with Crippen LogP contribution in [0.5, 0.6) is 11.5 Å². The summed E-state index contributed by atoms with van der Waals surface area (Å²) in [5, 5.41) is 2.23. The monoisotopic (exact) mass is 373 g/mol. The Bertz CT molecular complexity index is 710. The van der Waals surface area contributed by atoms with Gasteiger partial charge in [-0.05, 0) is 74.9 Å². The van der Waals surface area contributed by atoms with Crippen molar-refractivity contribution in [2.45, 2.75) is 65.1 Å². The van der Waals surface area contributed by atoms with E-state index < -0.39 is 0 Å². The molecule has 1 aliphatic heterocycles. The Morgan fingerprint density at radius 1 is 1.15 bits per heavy atom. The van der Waals surface area contributed by atoms with E-state index in [1.807, 2.05) is 25.2 Å². The number of methoxy groups -OCH3 is 1. The first-order valence-corrected chi connectivity index (χ1v) is 10.6. The van der Waals surface area contributed by atoms with E-state index in [2.05, 4.69) is 41.5 Å². The van der Waals surface area contributed by atoms with Crippen LogP contribution in [0.15, 0.2) is 29.6 Å². The molecular weight excluding hydrogens is 342 g/mol. The van der Waals surface area contributed by atoms with Crippen LogP contribution in [0, 0.1) is 6.92 Å². The normalized spacial score (nSPS) is 18.7. The van der Waals surface area contributed by atoms with Crippen LogP contribution in [-0.2, 0) is 6.54 Å². The fourth-order valence-electron chi connectivity index (χ4n) is 3.78. The molecule has 3 rings (SSSR count). The minimum Gasteiger partial charge on any atom is -0.493 e. The number of benzene rings is 1. The van der Waals surface area contributed by atoms with E-state index in [1.165, 1.54) is 36.8 Å². The molecule has 1 aliphatic rings. The van der Waals surface area contributed by atoms with E-state index >= 15 is 0 Å². The number of hydrogen-bond acceptors (Lipinski definition) is 4. The molecule has 0 spiro atoms. The second kappa shape index (κ2) is 8.92. The Morgan fingerprint density at radius 2 is 2.00 bits per heavy atom. The van der Waals surface area contributed by atoms with Crippen LogP contribution >= 0.6 is 11.3 Å². The molecule has 0 bridgehead atoms. The predicted molar refractivity (Wildman–Crippen MR) is 109 cm³/mol. The third kappa shape index (κ3) is 4.60. The summed E-state index contributed by atoms with van der Waals surface area (Å²) < 4.78 is 11.4. The molecule has 1 aromatic carbocycles. The Balaban J connectivity index is 1.81. The molecule has 1 fully saturated rings. The summed E-state index contributed by atoms with van der Waals surface area (Å²) >= 11 is 1.91. The molecule has 0 radical (unpaired) electrons. The largest absolute Gasteiger partial charge is 0.493 e. The van der Waals surface area contributed by atoms with Crippen molar-refractivity contribution in [3.8, 4) is 11.5 Å². The number of aryl methyl sites for hydroxylation is 1. The van der Waals surface area contributed by atoms with Crippen molar-refractivity contribution >= 4 is 11.3 Å². The van der Waals surface area contributed by atoms with Crippen molar-refractivity contribution in [3.63, 3.8) is 0 Å². The molecule has 0 saturated carbocycles. The first kappa shape index (κ1) is 19.2. The standard InChI is InChI=1S/C22H31NO2S/c1-16(2)25-20-10-9-18(14-21(20)24-4)15-23-12-7-5-6-8-19(23)22-17(3)11-13-26-22/h9-11,13-14,16,19H,5-8,12,15H2,1-4H3/t19-/m0/s1. The lowest BCUT2D eigenvalue weighted by molar-refractivity contribution is 0.194. The van der Waals surface area contributed by atoms with Gasteiger partial charge in [-0.1, -0.05) is 18.9 Å². The average Bonchev–Trinajstić information content (AvgIpc) is 2.90. The smallest absolute Gasteiger partial charge is 0.161 e. The quantitative estimate of drug-likeness (QED) is 0.622. The zero-order chi connectivity index (χ0) is 18.5. The van der Waals surface area contributed by atoms with Crippen molar-refractivity contribution in [2.75, 3.05) is 13.7 Å². The van der Waals surface area contributed by atoms with E-state index in [-0.39, 0.29) is 6.10 Å². The van der Waals surface area contributed by atoms with Crippen molar-refractivity contribution in [3.05, 3.63) is 45.6 Å². The number of hydrogen-bond donors (Lipinski definition) is 0. The highest BCUT2D eigenvalue weighted by molar-refractivity contribution is 7.10. The Kier molecular flexibility index (Phi) is 6.60. The van der Waals surface area contributed by atoms with Crippen molar-refractivity contribution < 1.29 is 9.47 Å². The highest BCUT2D eigenvalue weighted by Crippen LogP contribution is 2.37. The average molecular weight is 374 g/mol. The first-order valence-electron chi connectivity index (χ1n) is 9.70. The number of rotatable bonds is 6. The maximum atomic E-state index is 5.86. The second-order valence-electron chi connectivity index (χ2n) is 7.46. The van der Waals surface area contributed by atoms with E-state index in [9.17, 15) is 0 Å². The summed E-state index contributed by atoms with van der Waals surface area (Å²) in [5.41, 5.74) is 2.73. The van der Waals surface area contributed by atoms with Crippen molar-refractivity contribution in [1.29, 1.82) is 0 Å². The van der Waals surface area contributed by atoms with Gasteiger partial charge in [-0.2, -0.15) is 0 Å². The molecule has 142 valence electrons. The topological polar surface area (TPSA) is 21.7 Å². The maximum absolute atomic E-state index is 5.86. The molecule has 2 aromatic rings. The molecular formula is C22H31NO2S. The van der Waals surface area contributed by atoms with Crippen LogP contribution in [0.25, 0.3) is 0 Å². The Hall–Kier alpha value is -1.52. The van der Waals surface area contributed by atoms with E-state index in [4.69, 9.17) is 9.47 Å². The fourth-order valence-corrected chi connectivity index (χ4v) is 4.87. The third-order valence-electron chi connectivity index (χ3n) is 5.04. The maximum Gasteiger partial charge on any atom is 0.161 e. The summed E-state index contributed by atoms with van der Waals surface area (Å²) in [6.45, 7) is 8.45. The molecule has 0 amide bonds. The Morgan fingerprint density at radius 3 is 2.69 bits per heavy atom. The minimum absolute atomic E-state index is 0.145. The van der Waals surface area contributed by atoms with E-state index in [0.717, 1.165) is 24.6 Å². The van der Waals surface area contributed by atoms with Crippen LogP contribution in [0.2, 0.25) is 0 Å². The molecule has 4 heteroatoms.